The van der Waals surface area contributed by atoms with Crippen molar-refractivity contribution in [3.8, 4) is 34.4 Å². The molecule has 0 amide bonds. The highest BCUT2D eigenvalue weighted by Crippen LogP contribution is 2.40. The van der Waals surface area contributed by atoms with Gasteiger partial charge in [-0.15, -0.1) is 11.3 Å². The number of aromatic nitrogens is 5. The summed E-state index contributed by atoms with van der Waals surface area (Å²) in [7, 11) is 0. The molecule has 0 aliphatic heterocycles. The van der Waals surface area contributed by atoms with Crippen molar-refractivity contribution in [3.63, 3.8) is 0 Å². The molecule has 4 aromatic heterocycles. The largest absolute Gasteiger partial charge is 0.278 e. The minimum Gasteiger partial charge on any atom is -0.278 e. The average molecular weight is 670 g/mol. The van der Waals surface area contributed by atoms with Crippen LogP contribution in [-0.4, -0.2) is 24.1 Å². The number of thiophene rings is 1. The zero-order chi connectivity index (χ0) is 33.5. The molecule has 0 spiro atoms. The van der Waals surface area contributed by atoms with Crippen molar-refractivity contribution in [2.45, 2.75) is 0 Å². The molecule has 7 aromatic carbocycles. The number of fused-ring (bicyclic) bond motifs is 9. The number of nitrogens with zero attached hydrogens (tertiary/aromatic N) is 5. The van der Waals surface area contributed by atoms with E-state index in [1.165, 1.54) is 31.3 Å². The molecule has 6 heteroatoms. The predicted molar refractivity (Wildman–Crippen MR) is 212 cm³/mol. The molecular formula is C45H27N5S. The highest BCUT2D eigenvalue weighted by molar-refractivity contribution is 7.26. The van der Waals surface area contributed by atoms with Gasteiger partial charge >= 0.3 is 0 Å². The average Bonchev–Trinajstić information content (AvgIpc) is 3.86. The normalized spacial score (nSPS) is 11.9. The third kappa shape index (κ3) is 4.24. The number of rotatable bonds is 4. The monoisotopic (exact) mass is 669 g/mol. The van der Waals surface area contributed by atoms with E-state index < -0.39 is 0 Å². The second-order valence-electron chi connectivity index (χ2n) is 12.9. The van der Waals surface area contributed by atoms with Gasteiger partial charge in [0.25, 0.3) is 0 Å². The third-order valence-electron chi connectivity index (χ3n) is 10.0. The van der Waals surface area contributed by atoms with Crippen LogP contribution in [0.4, 0.5) is 0 Å². The molecule has 0 aliphatic carbocycles. The summed E-state index contributed by atoms with van der Waals surface area (Å²) >= 11 is 1.79. The van der Waals surface area contributed by atoms with Crippen molar-refractivity contribution in [2.75, 3.05) is 0 Å². The van der Waals surface area contributed by atoms with Crippen LogP contribution in [-0.2, 0) is 0 Å². The molecule has 0 radical (unpaired) electrons. The van der Waals surface area contributed by atoms with Crippen LogP contribution in [0.3, 0.4) is 0 Å². The fraction of sp³-hybridized carbons (Fsp3) is 0. The van der Waals surface area contributed by atoms with Gasteiger partial charge < -0.3 is 0 Å². The molecule has 51 heavy (non-hydrogen) atoms. The van der Waals surface area contributed by atoms with E-state index in [9.17, 15) is 0 Å². The van der Waals surface area contributed by atoms with E-state index in [2.05, 4.69) is 173 Å². The van der Waals surface area contributed by atoms with Crippen molar-refractivity contribution in [1.29, 1.82) is 0 Å². The SMILES string of the molecule is c1ccc(-c2ccc3c(c2)c2ccccc2n3-c2nc(-c3cccc4c3sc3ccccc34)nc(-n3c4ccccc4c4ccccc43)n2)cc1. The minimum absolute atomic E-state index is 0.577. The Kier molecular flexibility index (Phi) is 6.05. The van der Waals surface area contributed by atoms with Gasteiger partial charge in [-0.25, -0.2) is 0 Å². The van der Waals surface area contributed by atoms with Crippen LogP contribution in [0.5, 0.6) is 0 Å². The molecule has 0 unspecified atom stereocenters. The van der Waals surface area contributed by atoms with E-state index in [1.54, 1.807) is 11.3 Å². The number of hydrogen-bond donors (Lipinski definition) is 0. The molecule has 0 aliphatic rings. The highest BCUT2D eigenvalue weighted by Gasteiger charge is 2.22. The van der Waals surface area contributed by atoms with Gasteiger partial charge in [0.05, 0.1) is 22.1 Å². The molecule has 5 nitrogen and oxygen atoms in total. The summed E-state index contributed by atoms with van der Waals surface area (Å²) in [6, 6.07) is 57.8. The number of hydrogen-bond acceptors (Lipinski definition) is 4. The first-order valence-corrected chi connectivity index (χ1v) is 17.9. The predicted octanol–water partition coefficient (Wildman–Crippen LogP) is 11.8. The lowest BCUT2D eigenvalue weighted by molar-refractivity contribution is 0.893. The molecule has 0 atom stereocenters. The summed E-state index contributed by atoms with van der Waals surface area (Å²) in [5.41, 5.74) is 7.54. The smallest absolute Gasteiger partial charge is 0.240 e. The van der Waals surface area contributed by atoms with Crippen LogP contribution >= 0.6 is 11.3 Å². The topological polar surface area (TPSA) is 48.5 Å². The van der Waals surface area contributed by atoms with Crippen molar-refractivity contribution in [1.82, 2.24) is 24.1 Å². The molecule has 0 bridgehead atoms. The van der Waals surface area contributed by atoms with Crippen LogP contribution in [0.2, 0.25) is 0 Å². The van der Waals surface area contributed by atoms with Crippen molar-refractivity contribution < 1.29 is 0 Å². The quantitative estimate of drug-likeness (QED) is 0.187. The zero-order valence-corrected chi connectivity index (χ0v) is 28.0. The Morgan fingerprint density at radius 3 is 1.57 bits per heavy atom. The number of benzene rings is 7. The van der Waals surface area contributed by atoms with E-state index in [1.807, 2.05) is 0 Å². The van der Waals surface area contributed by atoms with Crippen molar-refractivity contribution in [2.24, 2.45) is 0 Å². The van der Waals surface area contributed by atoms with E-state index in [0.29, 0.717) is 17.7 Å². The first kappa shape index (κ1) is 28.2. The molecule has 0 fully saturated rings. The summed E-state index contributed by atoms with van der Waals surface area (Å²) in [6.07, 6.45) is 0. The van der Waals surface area contributed by atoms with Gasteiger partial charge in [0.1, 0.15) is 0 Å². The molecule has 11 rings (SSSR count). The maximum Gasteiger partial charge on any atom is 0.240 e. The molecule has 11 aromatic rings. The minimum atomic E-state index is 0.577. The molecule has 0 saturated carbocycles. The maximum atomic E-state index is 5.35. The molecule has 238 valence electrons. The Bertz CT molecular complexity index is 3100. The summed E-state index contributed by atoms with van der Waals surface area (Å²) < 4.78 is 6.80. The standard InChI is InChI=1S/C45H27N5S/c1-2-13-28(14-3-1)29-25-26-40-36(27-29)32-17-6-10-23-39(32)50(40)45-47-43(35-20-12-19-34-33-18-7-11-24-41(33)51-42(34)35)46-44(48-45)49-37-21-8-4-15-30(37)31-16-5-9-22-38(31)49/h1-27H. The van der Waals surface area contributed by atoms with Gasteiger partial charge in [0.15, 0.2) is 5.82 Å². The maximum absolute atomic E-state index is 5.35. The highest BCUT2D eigenvalue weighted by atomic mass is 32.1. The fourth-order valence-electron chi connectivity index (χ4n) is 7.73. The van der Waals surface area contributed by atoms with E-state index in [4.69, 9.17) is 15.0 Å². The van der Waals surface area contributed by atoms with Gasteiger partial charge in [0, 0.05) is 47.3 Å². The molecule has 0 N–H and O–H groups in total. The molecule has 4 heterocycles. The van der Waals surface area contributed by atoms with Gasteiger partial charge in [-0.2, -0.15) is 15.0 Å². The van der Waals surface area contributed by atoms with Crippen molar-refractivity contribution in [3.05, 3.63) is 164 Å². The van der Waals surface area contributed by atoms with Crippen LogP contribution in [0.1, 0.15) is 0 Å². The Morgan fingerprint density at radius 1 is 0.373 bits per heavy atom. The second kappa shape index (κ2) is 10.9. The summed E-state index contributed by atoms with van der Waals surface area (Å²) in [6.45, 7) is 0. The summed E-state index contributed by atoms with van der Waals surface area (Å²) in [5.74, 6) is 1.80. The van der Waals surface area contributed by atoms with Crippen LogP contribution in [0.15, 0.2) is 164 Å². The third-order valence-corrected chi connectivity index (χ3v) is 11.2. The van der Waals surface area contributed by atoms with E-state index in [-0.39, 0.29) is 0 Å². The fourth-order valence-corrected chi connectivity index (χ4v) is 8.95. The zero-order valence-electron chi connectivity index (χ0n) is 27.2. The van der Waals surface area contributed by atoms with E-state index >= 15 is 0 Å². The number of para-hydroxylation sites is 3. The van der Waals surface area contributed by atoms with E-state index in [0.717, 1.165) is 49.2 Å². The lowest BCUT2D eigenvalue weighted by atomic mass is 10.0. The van der Waals surface area contributed by atoms with Crippen LogP contribution in [0, 0.1) is 0 Å². The van der Waals surface area contributed by atoms with Crippen LogP contribution < -0.4 is 0 Å². The first-order valence-electron chi connectivity index (χ1n) is 17.0. The summed E-state index contributed by atoms with van der Waals surface area (Å²) in [5, 5.41) is 7.07. The van der Waals surface area contributed by atoms with Crippen molar-refractivity contribution >= 4 is 75.1 Å². The Labute approximate surface area is 296 Å². The Hall–Kier alpha value is -6.63. The second-order valence-corrected chi connectivity index (χ2v) is 13.9. The van der Waals surface area contributed by atoms with Gasteiger partial charge in [-0.05, 0) is 53.6 Å². The Balaban J connectivity index is 1.25. The summed E-state index contributed by atoms with van der Waals surface area (Å²) in [4.78, 5) is 16.0. The van der Waals surface area contributed by atoms with Gasteiger partial charge in [-0.1, -0.05) is 121 Å². The molecular weight excluding hydrogens is 643 g/mol. The van der Waals surface area contributed by atoms with Gasteiger partial charge in [-0.3, -0.25) is 9.13 Å². The lowest BCUT2D eigenvalue weighted by Crippen LogP contribution is -2.10. The molecule has 0 saturated heterocycles. The first-order chi connectivity index (χ1) is 25.3. The Morgan fingerprint density at radius 2 is 0.902 bits per heavy atom. The van der Waals surface area contributed by atoms with Crippen LogP contribution in [0.25, 0.3) is 98.2 Å². The van der Waals surface area contributed by atoms with Gasteiger partial charge in [0.2, 0.25) is 11.9 Å². The lowest BCUT2D eigenvalue weighted by Gasteiger charge is -2.13.